The third-order valence-corrected chi connectivity index (χ3v) is 1.53. The Hall–Kier alpha value is -1.78. The van der Waals surface area contributed by atoms with Crippen molar-refractivity contribution in [3.63, 3.8) is 0 Å². The van der Waals surface area contributed by atoms with Crippen LogP contribution in [0.3, 0.4) is 0 Å². The molecule has 0 heterocycles. The summed E-state index contributed by atoms with van der Waals surface area (Å²) in [5.74, 6) is -0.417. The molecule has 0 aliphatic heterocycles. The lowest BCUT2D eigenvalue weighted by Crippen LogP contribution is -1.92. The van der Waals surface area contributed by atoms with Crippen LogP contribution in [0.4, 0.5) is 5.69 Å². The number of aromatic hydroxyl groups is 1. The number of hydrogen-bond donors (Lipinski definition) is 1. The molecule has 1 rings (SSSR count). The maximum atomic E-state index is 10.4. The fourth-order valence-corrected chi connectivity index (χ4v) is 0.943. The van der Waals surface area contributed by atoms with Crippen molar-refractivity contribution in [1.82, 2.24) is 0 Å². The molecule has 0 unspecified atom stereocenters. The van der Waals surface area contributed by atoms with E-state index in [0.717, 1.165) is 0 Å². The molecule has 0 saturated carbocycles. The van der Waals surface area contributed by atoms with Gasteiger partial charge in [0.15, 0.2) is 5.75 Å². The van der Waals surface area contributed by atoms with Gasteiger partial charge in [-0.15, -0.1) is 0 Å². The summed E-state index contributed by atoms with van der Waals surface area (Å²) in [5, 5.41) is 19.7. The Morgan fingerprint density at radius 2 is 2.23 bits per heavy atom. The Morgan fingerprint density at radius 1 is 1.62 bits per heavy atom. The predicted octanol–water partition coefficient (Wildman–Crippen LogP) is 1.49. The zero-order valence-electron chi connectivity index (χ0n) is 6.98. The van der Waals surface area contributed by atoms with Gasteiger partial charge in [0.2, 0.25) is 5.75 Å². The van der Waals surface area contributed by atoms with Crippen molar-refractivity contribution < 1.29 is 14.8 Å². The first-order chi connectivity index (χ1) is 6.06. The summed E-state index contributed by atoms with van der Waals surface area (Å²) in [6.45, 7) is 3.52. The van der Waals surface area contributed by atoms with Crippen LogP contribution in [-0.2, 0) is 0 Å². The standard InChI is InChI=1S/C8H8NO4/c1-5-3-6(9(11)12)8(10)7(4-5)13-2/h3-4,10H,1H2,2H3. The van der Waals surface area contributed by atoms with Crippen LogP contribution in [0.2, 0.25) is 0 Å². The molecule has 5 heteroatoms. The van der Waals surface area contributed by atoms with E-state index in [4.69, 9.17) is 4.74 Å². The van der Waals surface area contributed by atoms with Gasteiger partial charge in [-0.3, -0.25) is 10.1 Å². The molecule has 1 aromatic rings. The number of methoxy groups -OCH3 is 1. The second-order valence-electron chi connectivity index (χ2n) is 2.42. The molecule has 0 spiro atoms. The van der Waals surface area contributed by atoms with Crippen LogP contribution in [0.25, 0.3) is 0 Å². The molecule has 0 aliphatic carbocycles. The van der Waals surface area contributed by atoms with E-state index in [1.54, 1.807) is 0 Å². The summed E-state index contributed by atoms with van der Waals surface area (Å²) >= 11 is 0. The van der Waals surface area contributed by atoms with Gasteiger partial charge in [0.25, 0.3) is 0 Å². The van der Waals surface area contributed by atoms with Gasteiger partial charge in [-0.05, 0) is 18.6 Å². The topological polar surface area (TPSA) is 72.6 Å². The number of nitro groups is 1. The van der Waals surface area contributed by atoms with E-state index in [1.165, 1.54) is 19.2 Å². The second kappa shape index (κ2) is 3.30. The van der Waals surface area contributed by atoms with Crippen molar-refractivity contribution in [1.29, 1.82) is 0 Å². The summed E-state index contributed by atoms with van der Waals surface area (Å²) in [5.41, 5.74) is 0.0192. The van der Waals surface area contributed by atoms with Crippen molar-refractivity contribution >= 4 is 5.69 Å². The van der Waals surface area contributed by atoms with Crippen LogP contribution in [0, 0.1) is 17.0 Å². The van der Waals surface area contributed by atoms with Gasteiger partial charge in [0.05, 0.1) is 12.0 Å². The van der Waals surface area contributed by atoms with Gasteiger partial charge in [-0.25, -0.2) is 0 Å². The Morgan fingerprint density at radius 3 is 2.69 bits per heavy atom. The predicted molar refractivity (Wildman–Crippen MR) is 45.8 cm³/mol. The molecule has 0 aliphatic rings. The van der Waals surface area contributed by atoms with Crippen molar-refractivity contribution in [2.75, 3.05) is 7.11 Å². The molecule has 0 bridgehead atoms. The number of hydrogen-bond acceptors (Lipinski definition) is 4. The maximum absolute atomic E-state index is 10.4. The highest BCUT2D eigenvalue weighted by molar-refractivity contribution is 5.57. The van der Waals surface area contributed by atoms with E-state index in [2.05, 4.69) is 6.92 Å². The highest BCUT2D eigenvalue weighted by Gasteiger charge is 2.18. The summed E-state index contributed by atoms with van der Waals surface area (Å²) in [7, 11) is 1.32. The number of ether oxygens (including phenoxy) is 1. The Bertz CT molecular complexity index is 348. The molecule has 1 N–H and O–H groups in total. The average molecular weight is 182 g/mol. The minimum absolute atomic E-state index is 0.0548. The molecule has 1 radical (unpaired) electrons. The zero-order valence-corrected chi connectivity index (χ0v) is 6.98. The highest BCUT2D eigenvalue weighted by atomic mass is 16.6. The number of benzene rings is 1. The first-order valence-corrected chi connectivity index (χ1v) is 3.43. The Kier molecular flexibility index (Phi) is 2.36. The van der Waals surface area contributed by atoms with E-state index < -0.39 is 16.4 Å². The van der Waals surface area contributed by atoms with Gasteiger partial charge in [-0.1, -0.05) is 0 Å². The lowest BCUT2D eigenvalue weighted by molar-refractivity contribution is -0.386. The lowest BCUT2D eigenvalue weighted by atomic mass is 10.2. The number of rotatable bonds is 2. The summed E-state index contributed by atoms with van der Waals surface area (Å²) in [6, 6.07) is 2.60. The summed E-state index contributed by atoms with van der Waals surface area (Å²) in [4.78, 5) is 9.72. The zero-order chi connectivity index (χ0) is 10.0. The van der Waals surface area contributed by atoms with E-state index in [9.17, 15) is 15.2 Å². The third kappa shape index (κ3) is 1.69. The minimum Gasteiger partial charge on any atom is -0.500 e. The molecular weight excluding hydrogens is 174 g/mol. The molecule has 5 nitrogen and oxygen atoms in total. The van der Waals surface area contributed by atoms with Crippen molar-refractivity contribution in [2.45, 2.75) is 0 Å². The largest absolute Gasteiger partial charge is 0.500 e. The van der Waals surface area contributed by atoms with Crippen molar-refractivity contribution in [3.05, 3.63) is 34.7 Å². The first kappa shape index (κ1) is 9.31. The van der Waals surface area contributed by atoms with Gasteiger partial charge < -0.3 is 9.84 Å². The van der Waals surface area contributed by atoms with E-state index >= 15 is 0 Å². The summed E-state index contributed by atoms with van der Waals surface area (Å²) in [6.07, 6.45) is 0. The fourth-order valence-electron chi connectivity index (χ4n) is 0.943. The minimum atomic E-state index is -0.688. The van der Waals surface area contributed by atoms with Gasteiger partial charge in [-0.2, -0.15) is 0 Å². The van der Waals surface area contributed by atoms with Crippen LogP contribution < -0.4 is 4.74 Å². The van der Waals surface area contributed by atoms with E-state index in [1.807, 2.05) is 0 Å². The molecule has 0 saturated heterocycles. The fraction of sp³-hybridized carbons (Fsp3) is 0.125. The second-order valence-corrected chi connectivity index (χ2v) is 2.42. The Labute approximate surface area is 74.7 Å². The van der Waals surface area contributed by atoms with Gasteiger partial charge in [0.1, 0.15) is 0 Å². The number of nitro benzene ring substituents is 1. The van der Waals surface area contributed by atoms with E-state index in [-0.39, 0.29) is 5.75 Å². The Balaban J connectivity index is 3.35. The number of phenols is 1. The van der Waals surface area contributed by atoms with Crippen LogP contribution in [-0.4, -0.2) is 17.1 Å². The molecule has 0 amide bonds. The normalized spacial score (nSPS) is 9.69. The molecular formula is C8H8NO4. The molecule has 0 atom stereocenters. The van der Waals surface area contributed by atoms with Crippen molar-refractivity contribution in [3.8, 4) is 11.5 Å². The van der Waals surface area contributed by atoms with E-state index in [0.29, 0.717) is 5.56 Å². The van der Waals surface area contributed by atoms with Crippen LogP contribution >= 0.6 is 0 Å². The highest BCUT2D eigenvalue weighted by Crippen LogP contribution is 2.36. The number of nitrogens with zero attached hydrogens (tertiary/aromatic N) is 1. The van der Waals surface area contributed by atoms with Crippen molar-refractivity contribution in [2.24, 2.45) is 0 Å². The third-order valence-electron chi connectivity index (χ3n) is 1.53. The lowest BCUT2D eigenvalue weighted by Gasteiger charge is -2.04. The van der Waals surface area contributed by atoms with Gasteiger partial charge in [0, 0.05) is 6.07 Å². The molecule has 0 aromatic heterocycles. The summed E-state index contributed by atoms with van der Waals surface area (Å²) < 4.78 is 4.72. The average Bonchev–Trinajstić information content (AvgIpc) is 2.08. The van der Waals surface area contributed by atoms with Crippen LogP contribution in [0.1, 0.15) is 5.56 Å². The van der Waals surface area contributed by atoms with Crippen LogP contribution in [0.5, 0.6) is 11.5 Å². The molecule has 0 fully saturated rings. The SMILES string of the molecule is [CH2]c1cc(OC)c(O)c([N+](=O)[O-])c1. The molecule has 69 valence electrons. The van der Waals surface area contributed by atoms with Crippen LogP contribution in [0.15, 0.2) is 12.1 Å². The molecule has 1 aromatic carbocycles. The molecule has 13 heavy (non-hydrogen) atoms. The quantitative estimate of drug-likeness (QED) is 0.555. The van der Waals surface area contributed by atoms with Gasteiger partial charge >= 0.3 is 5.69 Å². The first-order valence-electron chi connectivity index (χ1n) is 3.43. The maximum Gasteiger partial charge on any atom is 0.314 e. The monoisotopic (exact) mass is 182 g/mol. The smallest absolute Gasteiger partial charge is 0.314 e. The number of phenolic OH excluding ortho intramolecular Hbond substituents is 1.